The van der Waals surface area contributed by atoms with E-state index in [1.807, 2.05) is 12.1 Å². The van der Waals surface area contributed by atoms with Crippen LogP contribution in [0.3, 0.4) is 0 Å². The number of rotatable bonds is 11. The molecule has 1 saturated heterocycles. The lowest BCUT2D eigenvalue weighted by Crippen LogP contribution is -2.46. The zero-order valence-electron chi connectivity index (χ0n) is 29.1. The Morgan fingerprint density at radius 3 is 2.29 bits per heavy atom. The number of carbonyl (C=O) groups excluding carboxylic acids is 1. The topological polar surface area (TPSA) is 120 Å². The first-order valence-electron chi connectivity index (χ1n) is 16.2. The van der Waals surface area contributed by atoms with Crippen molar-refractivity contribution in [3.63, 3.8) is 0 Å². The van der Waals surface area contributed by atoms with Crippen molar-refractivity contribution in [1.29, 1.82) is 0 Å². The molecule has 1 amide bonds. The lowest BCUT2D eigenvalue weighted by Gasteiger charge is -2.39. The molecular weight excluding hydrogens is 725 g/mol. The highest BCUT2D eigenvalue weighted by Gasteiger charge is 2.36. The Kier molecular flexibility index (Phi) is 11.7. The fraction of sp³-hybridized carbons (Fsp3) is 0.361. The van der Waals surface area contributed by atoms with Gasteiger partial charge in [0.2, 0.25) is 5.95 Å². The number of hydrogen-bond donors (Lipinski definition) is 0. The van der Waals surface area contributed by atoms with Gasteiger partial charge in [0.05, 0.1) is 39.8 Å². The van der Waals surface area contributed by atoms with E-state index in [1.54, 1.807) is 43.9 Å². The van der Waals surface area contributed by atoms with E-state index < -0.39 is 62.3 Å². The maximum absolute atomic E-state index is 15.8. The molecule has 0 aliphatic carbocycles. The van der Waals surface area contributed by atoms with Crippen LogP contribution in [0.1, 0.15) is 44.2 Å². The van der Waals surface area contributed by atoms with E-state index in [4.69, 9.17) is 30.5 Å². The van der Waals surface area contributed by atoms with Gasteiger partial charge in [0.15, 0.2) is 17.4 Å². The molecule has 2 heterocycles. The molecule has 1 fully saturated rings. The van der Waals surface area contributed by atoms with Crippen LogP contribution in [-0.2, 0) is 21.3 Å². The van der Waals surface area contributed by atoms with Gasteiger partial charge in [-0.05, 0) is 62.9 Å². The van der Waals surface area contributed by atoms with Gasteiger partial charge in [-0.15, -0.1) is 0 Å². The Morgan fingerprint density at radius 1 is 0.962 bits per heavy atom. The van der Waals surface area contributed by atoms with Gasteiger partial charge in [-0.25, -0.2) is 40.7 Å². The van der Waals surface area contributed by atoms with Gasteiger partial charge in [0.25, 0.3) is 10.0 Å². The first-order chi connectivity index (χ1) is 24.6. The number of halogens is 4. The fourth-order valence-electron chi connectivity index (χ4n) is 5.81. The van der Waals surface area contributed by atoms with E-state index in [0.717, 1.165) is 18.0 Å². The number of likely N-dealkylation sites (tertiary alicyclic amines) is 1. The van der Waals surface area contributed by atoms with E-state index in [0.29, 0.717) is 45.7 Å². The Labute approximate surface area is 305 Å². The van der Waals surface area contributed by atoms with Gasteiger partial charge >= 0.3 is 6.09 Å². The average molecular weight is 763 g/mol. The van der Waals surface area contributed by atoms with Gasteiger partial charge in [-0.1, -0.05) is 23.7 Å². The van der Waals surface area contributed by atoms with E-state index in [9.17, 15) is 17.6 Å². The first kappa shape index (κ1) is 38.5. The first-order valence-corrected chi connectivity index (χ1v) is 18.0. The van der Waals surface area contributed by atoms with E-state index in [1.165, 1.54) is 26.4 Å². The molecule has 5 rings (SSSR count). The Bertz CT molecular complexity index is 2000. The second kappa shape index (κ2) is 15.9. The Hall–Kier alpha value is -4.76. The van der Waals surface area contributed by atoms with Crippen LogP contribution in [0.2, 0.25) is 5.02 Å². The van der Waals surface area contributed by atoms with Crippen LogP contribution >= 0.6 is 11.6 Å². The third-order valence-corrected chi connectivity index (χ3v) is 10.3. The number of carbonyl (C=O) groups is 1. The highest BCUT2D eigenvalue weighted by molar-refractivity contribution is 7.92. The maximum atomic E-state index is 15.8. The smallest absolute Gasteiger partial charge is 0.410 e. The summed E-state index contributed by atoms with van der Waals surface area (Å²) in [7, 11) is -2.13. The predicted molar refractivity (Wildman–Crippen MR) is 187 cm³/mol. The van der Waals surface area contributed by atoms with Gasteiger partial charge in [-0.3, -0.25) is 0 Å². The zero-order chi connectivity index (χ0) is 37.8. The molecule has 1 aliphatic rings. The van der Waals surface area contributed by atoms with Crippen LogP contribution < -0.4 is 18.5 Å². The number of methoxy groups -OCH3 is 2. The van der Waals surface area contributed by atoms with Crippen molar-refractivity contribution >= 4 is 33.7 Å². The third kappa shape index (κ3) is 8.99. The molecule has 52 heavy (non-hydrogen) atoms. The molecule has 3 aromatic carbocycles. The summed E-state index contributed by atoms with van der Waals surface area (Å²) < 4.78 is 96.0. The van der Waals surface area contributed by atoms with E-state index in [2.05, 4.69) is 9.97 Å². The summed E-state index contributed by atoms with van der Waals surface area (Å²) in [6, 6.07) is 12.9. The number of piperidine rings is 1. The molecule has 0 spiro atoms. The summed E-state index contributed by atoms with van der Waals surface area (Å²) in [5, 5.41) is 0.544. The molecule has 278 valence electrons. The summed E-state index contributed by atoms with van der Waals surface area (Å²) in [4.78, 5) is 21.0. The van der Waals surface area contributed by atoms with Crippen molar-refractivity contribution in [2.75, 3.05) is 38.2 Å². The highest BCUT2D eigenvalue weighted by Crippen LogP contribution is 2.37. The monoisotopic (exact) mass is 762 g/mol. The van der Waals surface area contributed by atoms with Crippen molar-refractivity contribution in [2.24, 2.45) is 5.92 Å². The summed E-state index contributed by atoms with van der Waals surface area (Å²) in [6.45, 7) is 5.22. The minimum atomic E-state index is -4.93. The number of nitrogens with zero attached hydrogens (tertiary/aromatic N) is 4. The number of sulfonamides is 1. The third-order valence-electron chi connectivity index (χ3n) is 8.33. The van der Waals surface area contributed by atoms with Gasteiger partial charge in [0, 0.05) is 47.8 Å². The highest BCUT2D eigenvalue weighted by atomic mass is 35.5. The molecule has 11 nitrogen and oxygen atoms in total. The molecule has 0 unspecified atom stereocenters. The van der Waals surface area contributed by atoms with Crippen LogP contribution in [-0.4, -0.2) is 68.9 Å². The minimum absolute atomic E-state index is 0.136. The summed E-state index contributed by atoms with van der Waals surface area (Å²) in [5.41, 5.74) is 0.494. The van der Waals surface area contributed by atoms with Crippen LogP contribution in [0, 0.1) is 23.4 Å². The number of ether oxygens (including phenoxy) is 4. The Morgan fingerprint density at radius 2 is 1.65 bits per heavy atom. The van der Waals surface area contributed by atoms with Crippen molar-refractivity contribution in [3.05, 3.63) is 101 Å². The second-order valence-electron chi connectivity index (χ2n) is 13.0. The van der Waals surface area contributed by atoms with Crippen molar-refractivity contribution in [2.45, 2.75) is 50.2 Å². The van der Waals surface area contributed by atoms with E-state index >= 15 is 8.78 Å². The van der Waals surface area contributed by atoms with Crippen molar-refractivity contribution in [1.82, 2.24) is 14.9 Å². The zero-order valence-corrected chi connectivity index (χ0v) is 30.7. The molecule has 0 radical (unpaired) electrons. The molecule has 0 bridgehead atoms. The van der Waals surface area contributed by atoms with E-state index in [-0.39, 0.29) is 30.7 Å². The van der Waals surface area contributed by atoms with Crippen LogP contribution in [0.4, 0.5) is 23.9 Å². The standard InChI is InChI=1S/C36H38ClF3N4O7S/c1-36(2,3)51-35(45)43-13-12-28(22-6-9-25(37)10-7-22)24(19-43)21-50-32-15-30(40)33(16-29(32)39)52(46,47)44(34-41-17-26(38)18-42-34)20-23-8-11-27(48-4)14-31(23)49-5/h6-11,14-18,24,28H,12-13,19-21H2,1-5H3/t24-,28-/m1/s1. The van der Waals surface area contributed by atoms with Crippen LogP contribution in [0.25, 0.3) is 0 Å². The minimum Gasteiger partial charge on any atom is -0.497 e. The lowest BCUT2D eigenvalue weighted by atomic mass is 9.81. The number of hydrogen-bond acceptors (Lipinski definition) is 9. The van der Waals surface area contributed by atoms with Gasteiger partial charge in [0.1, 0.15) is 27.8 Å². The number of anilines is 1. The van der Waals surface area contributed by atoms with Crippen molar-refractivity contribution in [3.8, 4) is 17.2 Å². The largest absolute Gasteiger partial charge is 0.497 e. The predicted octanol–water partition coefficient (Wildman–Crippen LogP) is 7.38. The molecule has 2 atom stereocenters. The number of aromatic nitrogens is 2. The van der Waals surface area contributed by atoms with Crippen molar-refractivity contribution < 1.29 is 45.3 Å². The fourth-order valence-corrected chi connectivity index (χ4v) is 7.35. The SMILES string of the molecule is COc1ccc(CN(c2ncc(F)cn2)S(=O)(=O)c2cc(F)c(OC[C@H]3CN(C(=O)OC(C)(C)C)CC[C@@H]3c3ccc(Cl)cc3)cc2F)c(OC)c1. The maximum Gasteiger partial charge on any atom is 0.410 e. The lowest BCUT2D eigenvalue weighted by molar-refractivity contribution is 0.0110. The quantitative estimate of drug-likeness (QED) is 0.154. The van der Waals surface area contributed by atoms with Crippen LogP contribution in [0.5, 0.6) is 17.2 Å². The number of benzene rings is 3. The Balaban J connectivity index is 1.44. The number of amides is 1. The van der Waals surface area contributed by atoms with Gasteiger partial charge < -0.3 is 23.8 Å². The molecule has 4 aromatic rings. The summed E-state index contributed by atoms with van der Waals surface area (Å²) in [5.74, 6) is -4.25. The second-order valence-corrected chi connectivity index (χ2v) is 15.3. The molecule has 16 heteroatoms. The normalized spacial score (nSPS) is 16.3. The average Bonchev–Trinajstić information content (AvgIpc) is 3.10. The summed E-state index contributed by atoms with van der Waals surface area (Å²) in [6.07, 6.45) is 1.51. The van der Waals surface area contributed by atoms with Gasteiger partial charge in [-0.2, -0.15) is 0 Å². The summed E-state index contributed by atoms with van der Waals surface area (Å²) >= 11 is 6.11. The molecule has 1 aliphatic heterocycles. The molecule has 0 N–H and O–H groups in total. The van der Waals surface area contributed by atoms with Crippen LogP contribution in [0.15, 0.2) is 71.9 Å². The molecule has 1 aromatic heterocycles. The molecule has 0 saturated carbocycles. The molecular formula is C36H38ClF3N4O7S.